The van der Waals surface area contributed by atoms with E-state index in [9.17, 15) is 9.59 Å². The zero-order valence-corrected chi connectivity index (χ0v) is 19.2. The number of benzene rings is 2. The lowest BCUT2D eigenvalue weighted by atomic mass is 9.94. The molecule has 5 nitrogen and oxygen atoms in total. The number of thioether (sulfide) groups is 1. The quantitative estimate of drug-likeness (QED) is 0.746. The fourth-order valence-corrected chi connectivity index (χ4v) is 5.31. The Balaban J connectivity index is 1.26. The molecule has 31 heavy (non-hydrogen) atoms. The van der Waals surface area contributed by atoms with Crippen molar-refractivity contribution < 1.29 is 9.59 Å². The van der Waals surface area contributed by atoms with E-state index >= 15 is 0 Å². The molecule has 0 radical (unpaired) electrons. The largest absolute Gasteiger partial charge is 0.354 e. The van der Waals surface area contributed by atoms with Gasteiger partial charge in [-0.05, 0) is 43.5 Å². The Morgan fingerprint density at radius 1 is 1.00 bits per heavy atom. The van der Waals surface area contributed by atoms with Gasteiger partial charge in [-0.3, -0.25) is 14.5 Å². The maximum atomic E-state index is 12.8. The van der Waals surface area contributed by atoms with Gasteiger partial charge in [0.15, 0.2) is 0 Å². The molecule has 0 atom stereocenters. The average Bonchev–Trinajstić information content (AvgIpc) is 2.80. The number of amides is 2. The van der Waals surface area contributed by atoms with E-state index in [-0.39, 0.29) is 30.2 Å². The van der Waals surface area contributed by atoms with Gasteiger partial charge in [0.1, 0.15) is 0 Å². The van der Waals surface area contributed by atoms with E-state index in [2.05, 4.69) is 48.3 Å². The number of hydrogen-bond acceptors (Lipinski definition) is 4. The van der Waals surface area contributed by atoms with E-state index in [1.165, 1.54) is 11.1 Å². The molecule has 0 saturated carbocycles. The lowest BCUT2D eigenvalue weighted by Gasteiger charge is -2.41. The van der Waals surface area contributed by atoms with Gasteiger partial charge in [0.25, 0.3) is 0 Å². The van der Waals surface area contributed by atoms with Crippen LogP contribution in [-0.2, 0) is 22.6 Å². The zero-order chi connectivity index (χ0) is 21.8. The Labute approximate surface area is 189 Å². The predicted molar refractivity (Wildman–Crippen MR) is 126 cm³/mol. The molecule has 0 saturated heterocycles. The first kappa shape index (κ1) is 21.9. The van der Waals surface area contributed by atoms with E-state index in [0.29, 0.717) is 13.1 Å². The highest BCUT2D eigenvalue weighted by Crippen LogP contribution is 2.34. The Hall–Kier alpha value is -2.31. The molecule has 2 aliphatic rings. The first-order chi connectivity index (χ1) is 14.9. The Morgan fingerprint density at radius 3 is 2.58 bits per heavy atom. The van der Waals surface area contributed by atoms with Gasteiger partial charge in [-0.15, -0.1) is 11.8 Å². The summed E-state index contributed by atoms with van der Waals surface area (Å²) in [5, 5.41) is 3.07. The van der Waals surface area contributed by atoms with E-state index in [1.807, 2.05) is 29.2 Å². The minimum atomic E-state index is -0.143. The van der Waals surface area contributed by atoms with E-state index in [1.54, 1.807) is 11.8 Å². The molecule has 164 valence electrons. The minimum absolute atomic E-state index is 0.0230. The summed E-state index contributed by atoms with van der Waals surface area (Å²) in [6.45, 7) is 7.52. The molecular weight excluding hydrogens is 406 g/mol. The summed E-state index contributed by atoms with van der Waals surface area (Å²) in [6.07, 6.45) is 1.50. The fraction of sp³-hybridized carbons (Fsp3) is 0.440. The molecule has 0 aliphatic carbocycles. The Kier molecular flexibility index (Phi) is 6.68. The summed E-state index contributed by atoms with van der Waals surface area (Å²) in [5.41, 5.74) is 3.63. The van der Waals surface area contributed by atoms with Gasteiger partial charge in [0.05, 0.1) is 5.69 Å². The maximum absolute atomic E-state index is 12.8. The van der Waals surface area contributed by atoms with Gasteiger partial charge in [0, 0.05) is 55.2 Å². The second-order valence-corrected chi connectivity index (χ2v) is 10.0. The predicted octanol–water partition coefficient (Wildman–Crippen LogP) is 3.86. The van der Waals surface area contributed by atoms with Gasteiger partial charge in [0.2, 0.25) is 11.8 Å². The summed E-state index contributed by atoms with van der Waals surface area (Å²) in [7, 11) is 0. The van der Waals surface area contributed by atoms with Crippen LogP contribution in [0.15, 0.2) is 53.4 Å². The van der Waals surface area contributed by atoms with Crippen LogP contribution in [-0.4, -0.2) is 47.6 Å². The van der Waals surface area contributed by atoms with Crippen molar-refractivity contribution in [1.82, 2.24) is 10.2 Å². The van der Waals surface area contributed by atoms with Crippen LogP contribution in [0.4, 0.5) is 5.69 Å². The molecule has 0 spiro atoms. The van der Waals surface area contributed by atoms with E-state index in [0.717, 1.165) is 35.8 Å². The molecular formula is C25H31N3O2S. The monoisotopic (exact) mass is 437 g/mol. The standard InChI is InChI=1S/C25H31N3O2S/c1-25(2,27-14-13-19-7-3-4-8-20(19)17-27)18-26-23(29)11-12-24(30)28-15-16-31-22-10-6-5-9-21(22)28/h3-10H,11-18H2,1-2H3,(H,26,29). The van der Waals surface area contributed by atoms with Crippen LogP contribution >= 0.6 is 11.8 Å². The molecule has 1 N–H and O–H groups in total. The van der Waals surface area contributed by atoms with Crippen LogP contribution in [0.5, 0.6) is 0 Å². The summed E-state index contributed by atoms with van der Waals surface area (Å²) in [5.74, 6) is 0.857. The van der Waals surface area contributed by atoms with Crippen molar-refractivity contribution in [2.24, 2.45) is 0 Å². The second kappa shape index (κ2) is 9.45. The molecule has 0 fully saturated rings. The number of anilines is 1. The van der Waals surface area contributed by atoms with Crippen molar-refractivity contribution in [3.8, 4) is 0 Å². The third-order valence-electron chi connectivity index (χ3n) is 6.30. The highest BCUT2D eigenvalue weighted by molar-refractivity contribution is 7.99. The summed E-state index contributed by atoms with van der Waals surface area (Å²) in [4.78, 5) is 30.7. The molecule has 0 unspecified atom stereocenters. The highest BCUT2D eigenvalue weighted by Gasteiger charge is 2.30. The average molecular weight is 438 g/mol. The normalized spacial score (nSPS) is 16.4. The van der Waals surface area contributed by atoms with E-state index in [4.69, 9.17) is 0 Å². The van der Waals surface area contributed by atoms with Crippen LogP contribution in [0.1, 0.15) is 37.8 Å². The lowest BCUT2D eigenvalue weighted by Crippen LogP contribution is -2.53. The molecule has 0 aromatic heterocycles. The Morgan fingerprint density at radius 2 is 1.74 bits per heavy atom. The molecule has 2 amide bonds. The maximum Gasteiger partial charge on any atom is 0.227 e. The third kappa shape index (κ3) is 5.13. The minimum Gasteiger partial charge on any atom is -0.354 e. The second-order valence-electron chi connectivity index (χ2n) is 8.89. The summed E-state index contributed by atoms with van der Waals surface area (Å²) in [6, 6.07) is 16.6. The highest BCUT2D eigenvalue weighted by atomic mass is 32.2. The number of nitrogens with one attached hydrogen (secondary N) is 1. The number of hydrogen-bond donors (Lipinski definition) is 1. The van der Waals surface area contributed by atoms with Crippen LogP contribution in [0.3, 0.4) is 0 Å². The Bertz CT molecular complexity index is 959. The van der Waals surface area contributed by atoms with Gasteiger partial charge in [-0.1, -0.05) is 36.4 Å². The molecule has 2 heterocycles. The molecule has 2 aliphatic heterocycles. The molecule has 6 heteroatoms. The van der Waals surface area contributed by atoms with Crippen molar-refractivity contribution in [2.45, 2.75) is 50.1 Å². The van der Waals surface area contributed by atoms with Crippen molar-refractivity contribution >= 4 is 29.3 Å². The molecule has 0 bridgehead atoms. The number of para-hydroxylation sites is 1. The lowest BCUT2D eigenvalue weighted by molar-refractivity contribution is -0.125. The fourth-order valence-electron chi connectivity index (χ4n) is 4.31. The van der Waals surface area contributed by atoms with Crippen molar-refractivity contribution in [3.63, 3.8) is 0 Å². The van der Waals surface area contributed by atoms with Crippen LogP contribution in [0.25, 0.3) is 0 Å². The number of carbonyl (C=O) groups is 2. The number of carbonyl (C=O) groups excluding carboxylic acids is 2. The van der Waals surface area contributed by atoms with Crippen LogP contribution < -0.4 is 10.2 Å². The van der Waals surface area contributed by atoms with Crippen LogP contribution in [0, 0.1) is 0 Å². The van der Waals surface area contributed by atoms with Gasteiger partial charge >= 0.3 is 0 Å². The third-order valence-corrected chi connectivity index (χ3v) is 7.34. The molecule has 4 rings (SSSR count). The van der Waals surface area contributed by atoms with Crippen LogP contribution in [0.2, 0.25) is 0 Å². The smallest absolute Gasteiger partial charge is 0.227 e. The van der Waals surface area contributed by atoms with Crippen molar-refractivity contribution in [3.05, 3.63) is 59.7 Å². The SMILES string of the molecule is CC(C)(CNC(=O)CCC(=O)N1CCSc2ccccc21)N1CCc2ccccc2C1. The van der Waals surface area contributed by atoms with E-state index < -0.39 is 0 Å². The van der Waals surface area contributed by atoms with Gasteiger partial charge in [-0.25, -0.2) is 0 Å². The number of fused-ring (bicyclic) bond motifs is 2. The first-order valence-corrected chi connectivity index (χ1v) is 12.0. The van der Waals surface area contributed by atoms with Crippen molar-refractivity contribution in [2.75, 3.05) is 30.3 Å². The van der Waals surface area contributed by atoms with Gasteiger partial charge < -0.3 is 10.2 Å². The topological polar surface area (TPSA) is 52.7 Å². The first-order valence-electron chi connectivity index (χ1n) is 11.0. The summed E-state index contributed by atoms with van der Waals surface area (Å²) >= 11 is 1.78. The molecule has 2 aromatic carbocycles. The molecule has 2 aromatic rings. The van der Waals surface area contributed by atoms with Gasteiger partial charge in [-0.2, -0.15) is 0 Å². The zero-order valence-electron chi connectivity index (χ0n) is 18.4. The van der Waals surface area contributed by atoms with Crippen molar-refractivity contribution in [1.29, 1.82) is 0 Å². The number of nitrogens with zero attached hydrogens (tertiary/aromatic N) is 2. The number of rotatable bonds is 6. The summed E-state index contributed by atoms with van der Waals surface area (Å²) < 4.78 is 0.